The maximum absolute atomic E-state index is 10.7. The second-order valence-corrected chi connectivity index (χ2v) is 10.8. The number of aliphatic hydroxyl groups excluding tert-OH is 1. The van der Waals surface area contributed by atoms with Crippen molar-refractivity contribution in [2.45, 2.75) is 31.8 Å². The quantitative estimate of drug-likeness (QED) is 0.273. The number of likely N-dealkylation sites (tertiary alicyclic amines) is 1. The van der Waals surface area contributed by atoms with Crippen LogP contribution >= 0.6 is 11.3 Å². The van der Waals surface area contributed by atoms with Gasteiger partial charge in [-0.3, -0.25) is 0 Å². The zero-order chi connectivity index (χ0) is 24.5. The van der Waals surface area contributed by atoms with Crippen LogP contribution in [0.15, 0.2) is 77.3 Å². The highest BCUT2D eigenvalue weighted by Crippen LogP contribution is 2.38. The average molecular weight is 499 g/mol. The summed E-state index contributed by atoms with van der Waals surface area (Å²) in [6.45, 7) is 4.78. The van der Waals surface area contributed by atoms with Crippen LogP contribution in [0.5, 0.6) is 5.75 Å². The lowest BCUT2D eigenvalue weighted by Gasteiger charge is -2.33. The zero-order valence-electron chi connectivity index (χ0n) is 20.4. The molecule has 1 N–H and O–H groups in total. The molecule has 1 fully saturated rings. The summed E-state index contributed by atoms with van der Waals surface area (Å²) in [5.74, 6) is 2.79. The summed E-state index contributed by atoms with van der Waals surface area (Å²) in [5, 5.41) is 14.4. The van der Waals surface area contributed by atoms with Gasteiger partial charge in [-0.1, -0.05) is 48.5 Å². The third-order valence-electron chi connectivity index (χ3n) is 7.09. The van der Waals surface area contributed by atoms with E-state index < -0.39 is 6.10 Å². The second-order valence-electron chi connectivity index (χ2n) is 9.70. The first kappa shape index (κ1) is 23.2. The summed E-state index contributed by atoms with van der Waals surface area (Å²) in [5.41, 5.74) is 1.43. The van der Waals surface area contributed by atoms with E-state index in [9.17, 15) is 5.11 Å². The molecule has 0 radical (unpaired) electrons. The lowest BCUT2D eigenvalue weighted by molar-refractivity contribution is 0.0599. The van der Waals surface area contributed by atoms with Crippen molar-refractivity contribution < 1.29 is 14.3 Å². The number of thiophene rings is 1. The molecular weight excluding hydrogens is 468 g/mol. The molecule has 2 aromatic heterocycles. The largest absolute Gasteiger partial charge is 0.490 e. The molecule has 0 amide bonds. The Balaban J connectivity index is 1.04. The van der Waals surface area contributed by atoms with Crippen LogP contribution in [0.2, 0.25) is 0 Å². The normalized spacial score (nSPS) is 16.1. The van der Waals surface area contributed by atoms with Gasteiger partial charge >= 0.3 is 0 Å². The summed E-state index contributed by atoms with van der Waals surface area (Å²) < 4.78 is 12.9. The fraction of sp³-hybridized carbons (Fsp3) is 0.300. The monoisotopic (exact) mass is 498 g/mol. The van der Waals surface area contributed by atoms with Crippen LogP contribution in [0.1, 0.15) is 30.1 Å². The number of aryl methyl sites for hydroxylation is 1. The van der Waals surface area contributed by atoms with Gasteiger partial charge in [0.25, 0.3) is 0 Å². The topological polar surface area (TPSA) is 58.7 Å². The minimum absolute atomic E-state index is 0.271. The molecule has 1 atom stereocenters. The van der Waals surface area contributed by atoms with Crippen LogP contribution < -0.4 is 4.74 Å². The molecule has 5 nitrogen and oxygen atoms in total. The van der Waals surface area contributed by atoms with Gasteiger partial charge in [0, 0.05) is 16.6 Å². The van der Waals surface area contributed by atoms with E-state index in [1.807, 2.05) is 19.1 Å². The van der Waals surface area contributed by atoms with E-state index >= 15 is 0 Å². The number of ether oxygens (including phenoxy) is 1. The number of oxazole rings is 1. The molecular formula is C30H30N2O3S. The van der Waals surface area contributed by atoms with E-state index in [1.165, 1.54) is 16.3 Å². The minimum atomic E-state index is -0.537. The molecule has 3 aromatic carbocycles. The molecule has 0 spiro atoms. The van der Waals surface area contributed by atoms with Crippen molar-refractivity contribution in [2.75, 3.05) is 26.2 Å². The highest BCUT2D eigenvalue weighted by molar-refractivity contribution is 7.22. The molecule has 1 aliphatic rings. The van der Waals surface area contributed by atoms with Crippen molar-refractivity contribution in [1.82, 2.24) is 9.88 Å². The molecule has 0 unspecified atom stereocenters. The van der Waals surface area contributed by atoms with Crippen molar-refractivity contribution in [3.8, 4) is 16.5 Å². The highest BCUT2D eigenvalue weighted by Gasteiger charge is 2.23. The van der Waals surface area contributed by atoms with Gasteiger partial charge in [-0.25, -0.2) is 4.98 Å². The van der Waals surface area contributed by atoms with E-state index in [-0.39, 0.29) is 6.61 Å². The molecule has 3 heterocycles. The Morgan fingerprint density at radius 2 is 1.89 bits per heavy atom. The van der Waals surface area contributed by atoms with Crippen molar-refractivity contribution in [1.29, 1.82) is 0 Å². The number of piperidine rings is 1. The van der Waals surface area contributed by atoms with Crippen molar-refractivity contribution in [3.63, 3.8) is 0 Å². The zero-order valence-corrected chi connectivity index (χ0v) is 21.2. The molecule has 1 saturated heterocycles. The molecule has 5 aromatic rings. The predicted octanol–water partition coefficient (Wildman–Crippen LogP) is 6.64. The van der Waals surface area contributed by atoms with E-state index in [4.69, 9.17) is 9.15 Å². The maximum atomic E-state index is 10.7. The molecule has 0 bridgehead atoms. The van der Waals surface area contributed by atoms with Gasteiger partial charge in [-0.2, -0.15) is 0 Å². The number of aromatic nitrogens is 1. The number of hydrogen-bond donors (Lipinski definition) is 1. The maximum Gasteiger partial charge on any atom is 0.236 e. The van der Waals surface area contributed by atoms with Crippen LogP contribution in [0, 0.1) is 6.92 Å². The summed E-state index contributed by atoms with van der Waals surface area (Å²) in [4.78, 5) is 7.68. The summed E-state index contributed by atoms with van der Waals surface area (Å²) in [6.07, 6.45) is 3.43. The minimum Gasteiger partial charge on any atom is -0.490 e. The standard InChI is InChI=1S/C30H30N2O3S/c1-20-17-31-30(35-20)29-16-26-27(7-4-8-28(26)36-29)34-19-25(33)18-32-13-11-22(12-14-32)24-10-9-21-5-2-3-6-23(21)15-24/h2-10,15-17,22,25,33H,11-14,18-19H2,1H3/t25-/m0/s1. The van der Waals surface area contributed by atoms with Gasteiger partial charge in [0.05, 0.1) is 11.1 Å². The molecule has 0 aliphatic carbocycles. The van der Waals surface area contributed by atoms with E-state index in [1.54, 1.807) is 17.5 Å². The molecule has 0 saturated carbocycles. The second kappa shape index (κ2) is 10.1. The Bertz CT molecular complexity index is 1480. The van der Waals surface area contributed by atoms with E-state index in [0.717, 1.165) is 52.4 Å². The van der Waals surface area contributed by atoms with Crippen molar-refractivity contribution >= 4 is 32.2 Å². The Hall–Kier alpha value is -3.19. The summed E-state index contributed by atoms with van der Waals surface area (Å²) in [7, 11) is 0. The summed E-state index contributed by atoms with van der Waals surface area (Å²) in [6, 6.07) is 23.5. The molecule has 184 valence electrons. The Morgan fingerprint density at radius 3 is 2.69 bits per heavy atom. The van der Waals surface area contributed by atoms with Gasteiger partial charge in [-0.05, 0) is 73.3 Å². The predicted molar refractivity (Wildman–Crippen MR) is 146 cm³/mol. The van der Waals surface area contributed by atoms with Crippen LogP contribution in [0.4, 0.5) is 0 Å². The number of fused-ring (bicyclic) bond motifs is 2. The van der Waals surface area contributed by atoms with E-state index in [0.29, 0.717) is 18.4 Å². The van der Waals surface area contributed by atoms with Gasteiger partial charge in [0.2, 0.25) is 5.89 Å². The number of β-amino-alcohol motifs (C(OH)–C–C–N with tert-alkyl or cyclic N) is 1. The fourth-order valence-corrected chi connectivity index (χ4v) is 6.19. The average Bonchev–Trinajstić information content (AvgIpc) is 3.54. The smallest absolute Gasteiger partial charge is 0.236 e. The van der Waals surface area contributed by atoms with Crippen LogP contribution in [0.25, 0.3) is 31.6 Å². The third kappa shape index (κ3) is 4.89. The lowest BCUT2D eigenvalue weighted by Crippen LogP contribution is -2.40. The van der Waals surface area contributed by atoms with Crippen molar-refractivity contribution in [3.05, 3.63) is 84.3 Å². The number of aliphatic hydroxyl groups is 1. The first-order chi connectivity index (χ1) is 17.6. The van der Waals surface area contributed by atoms with Crippen LogP contribution in [-0.2, 0) is 0 Å². The first-order valence-corrected chi connectivity index (χ1v) is 13.4. The Labute approximate surface area is 215 Å². The Kier molecular flexibility index (Phi) is 6.48. The highest BCUT2D eigenvalue weighted by atomic mass is 32.1. The van der Waals surface area contributed by atoms with Gasteiger partial charge < -0.3 is 19.2 Å². The van der Waals surface area contributed by atoms with Crippen LogP contribution in [-0.4, -0.2) is 47.3 Å². The molecule has 6 heteroatoms. The van der Waals surface area contributed by atoms with Gasteiger partial charge in [-0.15, -0.1) is 11.3 Å². The van der Waals surface area contributed by atoms with Crippen molar-refractivity contribution in [2.24, 2.45) is 0 Å². The molecule has 6 rings (SSSR count). The Morgan fingerprint density at radius 1 is 1.06 bits per heavy atom. The number of hydrogen-bond acceptors (Lipinski definition) is 6. The third-order valence-corrected chi connectivity index (χ3v) is 8.17. The van der Waals surface area contributed by atoms with Crippen LogP contribution in [0.3, 0.4) is 0 Å². The van der Waals surface area contributed by atoms with Gasteiger partial charge in [0.1, 0.15) is 24.2 Å². The number of nitrogens with zero attached hydrogens (tertiary/aromatic N) is 2. The number of rotatable bonds is 7. The summed E-state index contributed by atoms with van der Waals surface area (Å²) >= 11 is 1.63. The first-order valence-electron chi connectivity index (χ1n) is 12.6. The molecule has 1 aliphatic heterocycles. The SMILES string of the molecule is Cc1cnc(-c2cc3c(OC[C@@H](O)CN4CCC(c5ccc6ccccc6c5)CC4)cccc3s2)o1. The fourth-order valence-electron chi connectivity index (χ4n) is 5.18. The van der Waals surface area contributed by atoms with E-state index in [2.05, 4.69) is 64.5 Å². The lowest BCUT2D eigenvalue weighted by atomic mass is 9.88. The molecule has 36 heavy (non-hydrogen) atoms. The number of benzene rings is 3. The van der Waals surface area contributed by atoms with Gasteiger partial charge in [0.15, 0.2) is 0 Å².